The van der Waals surface area contributed by atoms with Crippen LogP contribution < -0.4 is 0 Å². The number of hydrogen-bond acceptors (Lipinski definition) is 0. The van der Waals surface area contributed by atoms with Crippen molar-refractivity contribution in [3.8, 4) is 0 Å². The third kappa shape index (κ3) is 3.04. The van der Waals surface area contributed by atoms with Crippen LogP contribution >= 0.6 is 47.8 Å². The molecule has 0 aliphatic rings. The molecule has 0 aliphatic heterocycles. The molecule has 1 aromatic rings. The van der Waals surface area contributed by atoms with Crippen molar-refractivity contribution in [1.82, 2.24) is 0 Å². The van der Waals surface area contributed by atoms with E-state index in [9.17, 15) is 0 Å². The average molecular weight is 355 g/mol. The van der Waals surface area contributed by atoms with E-state index in [-0.39, 0.29) is 0 Å². The zero-order valence-corrected chi connectivity index (χ0v) is 11.0. The smallest absolute Gasteiger partial charge is 0.0248 e. The minimum absolute atomic E-state index is 0.881. The first-order valence-corrected chi connectivity index (χ1v) is 6.12. The Labute approximate surface area is 97.4 Å². The first-order valence-electron chi connectivity index (χ1n) is 3.41. The van der Waals surface area contributed by atoms with E-state index in [0.29, 0.717) is 0 Å². The van der Waals surface area contributed by atoms with Gasteiger partial charge in [-0.15, -0.1) is 0 Å². The lowest BCUT2D eigenvalue weighted by Gasteiger charge is -1.98. The summed E-state index contributed by atoms with van der Waals surface area (Å²) in [6.07, 6.45) is 4.14. The third-order valence-corrected chi connectivity index (χ3v) is 2.93. The molecule has 0 bridgehead atoms. The van der Waals surface area contributed by atoms with Gasteiger partial charge >= 0.3 is 0 Å². The summed E-state index contributed by atoms with van der Waals surface area (Å²) in [5, 5.41) is 0.881. The first kappa shape index (κ1) is 10.5. The van der Waals surface area contributed by atoms with Gasteiger partial charge in [-0.3, -0.25) is 0 Å². The van der Waals surface area contributed by atoms with Crippen LogP contribution in [0.2, 0.25) is 0 Å². The van der Waals surface area contributed by atoms with E-state index in [1.165, 1.54) is 5.56 Å². The monoisotopic (exact) mass is 352 g/mol. The van der Waals surface area contributed by atoms with Crippen LogP contribution in [-0.4, -0.2) is 5.33 Å². The summed E-state index contributed by atoms with van der Waals surface area (Å²) in [5.41, 5.74) is 1.18. The van der Waals surface area contributed by atoms with Crippen molar-refractivity contribution in [3.63, 3.8) is 0 Å². The third-order valence-electron chi connectivity index (χ3n) is 1.34. The Bertz CT molecular complexity index is 292. The van der Waals surface area contributed by atoms with Crippen LogP contribution in [0.25, 0.3) is 6.08 Å². The normalized spacial score (nSPS) is 10.9. The van der Waals surface area contributed by atoms with E-state index < -0.39 is 0 Å². The SMILES string of the molecule is BrCC=Cc1cc(Br)ccc1Br. The van der Waals surface area contributed by atoms with Gasteiger partial charge in [0.05, 0.1) is 0 Å². The van der Waals surface area contributed by atoms with Crippen LogP contribution in [0.3, 0.4) is 0 Å². The van der Waals surface area contributed by atoms with Gasteiger partial charge in [-0.05, 0) is 23.8 Å². The predicted octanol–water partition coefficient (Wildman–Crippen LogP) is 4.62. The zero-order chi connectivity index (χ0) is 8.97. The molecule has 0 radical (unpaired) electrons. The van der Waals surface area contributed by atoms with Crippen molar-refractivity contribution >= 4 is 53.9 Å². The lowest BCUT2D eigenvalue weighted by Crippen LogP contribution is -1.75. The summed E-state index contributed by atoms with van der Waals surface area (Å²) < 4.78 is 2.21. The minimum Gasteiger partial charge on any atom is -0.0883 e. The molecule has 64 valence electrons. The standard InChI is InChI=1S/C9H7Br3/c10-5-1-2-7-6-8(11)3-4-9(7)12/h1-4,6H,5H2. The fourth-order valence-electron chi connectivity index (χ4n) is 0.814. The molecule has 0 aliphatic carbocycles. The molecule has 1 aromatic carbocycles. The van der Waals surface area contributed by atoms with Gasteiger partial charge in [0.15, 0.2) is 0 Å². The molecule has 0 aromatic heterocycles. The molecule has 12 heavy (non-hydrogen) atoms. The Balaban J connectivity index is 2.97. The van der Waals surface area contributed by atoms with Crippen molar-refractivity contribution in [2.45, 2.75) is 0 Å². The molecule has 0 saturated carbocycles. The van der Waals surface area contributed by atoms with E-state index in [4.69, 9.17) is 0 Å². The Morgan fingerprint density at radius 1 is 1.25 bits per heavy atom. The van der Waals surface area contributed by atoms with Crippen LogP contribution in [0.15, 0.2) is 33.2 Å². The first-order chi connectivity index (χ1) is 5.74. The molecular formula is C9H7Br3. The van der Waals surface area contributed by atoms with Gasteiger partial charge < -0.3 is 0 Å². The molecule has 1 rings (SSSR count). The molecule has 0 atom stereocenters. The summed E-state index contributed by atoms with van der Waals surface area (Å²) in [6, 6.07) is 6.11. The van der Waals surface area contributed by atoms with Crippen LogP contribution in [0.1, 0.15) is 5.56 Å². The highest BCUT2D eigenvalue weighted by Gasteiger charge is 1.95. The van der Waals surface area contributed by atoms with Gasteiger partial charge in [-0.2, -0.15) is 0 Å². The highest BCUT2D eigenvalue weighted by atomic mass is 79.9. The number of allylic oxidation sites excluding steroid dienone is 1. The maximum atomic E-state index is 3.47. The van der Waals surface area contributed by atoms with Crippen LogP contribution in [0.5, 0.6) is 0 Å². The largest absolute Gasteiger partial charge is 0.0883 e. The second-order valence-corrected chi connectivity index (χ2v) is 4.64. The Morgan fingerprint density at radius 3 is 2.67 bits per heavy atom. The molecule has 0 heterocycles. The van der Waals surface area contributed by atoms with Gasteiger partial charge in [0, 0.05) is 14.3 Å². The van der Waals surface area contributed by atoms with E-state index in [0.717, 1.165) is 14.3 Å². The zero-order valence-electron chi connectivity index (χ0n) is 6.23. The van der Waals surface area contributed by atoms with Crippen molar-refractivity contribution in [2.75, 3.05) is 5.33 Å². The maximum Gasteiger partial charge on any atom is 0.0248 e. The Hall–Kier alpha value is 0.400. The van der Waals surface area contributed by atoms with Crippen molar-refractivity contribution in [3.05, 3.63) is 38.8 Å². The number of rotatable bonds is 2. The summed E-state index contributed by atoms with van der Waals surface area (Å²) in [4.78, 5) is 0. The molecule has 3 heteroatoms. The Kier molecular flexibility index (Phi) is 4.54. The minimum atomic E-state index is 0.881. The summed E-state index contributed by atoms with van der Waals surface area (Å²) in [5.74, 6) is 0. The Morgan fingerprint density at radius 2 is 2.00 bits per heavy atom. The lowest BCUT2D eigenvalue weighted by molar-refractivity contribution is 1.56. The summed E-state index contributed by atoms with van der Waals surface area (Å²) in [7, 11) is 0. The molecule has 0 nitrogen and oxygen atoms in total. The fraction of sp³-hybridized carbons (Fsp3) is 0.111. The topological polar surface area (TPSA) is 0 Å². The van der Waals surface area contributed by atoms with E-state index in [1.807, 2.05) is 12.1 Å². The maximum absolute atomic E-state index is 3.47. The molecule has 0 unspecified atom stereocenters. The molecule has 0 N–H and O–H groups in total. The van der Waals surface area contributed by atoms with Crippen LogP contribution in [0, 0.1) is 0 Å². The van der Waals surface area contributed by atoms with Gasteiger partial charge in [0.25, 0.3) is 0 Å². The fourth-order valence-corrected chi connectivity index (χ4v) is 1.76. The van der Waals surface area contributed by atoms with Crippen molar-refractivity contribution in [2.24, 2.45) is 0 Å². The predicted molar refractivity (Wildman–Crippen MR) is 64.7 cm³/mol. The van der Waals surface area contributed by atoms with Crippen LogP contribution in [0.4, 0.5) is 0 Å². The van der Waals surface area contributed by atoms with Crippen molar-refractivity contribution in [1.29, 1.82) is 0 Å². The number of hydrogen-bond donors (Lipinski definition) is 0. The number of halogens is 3. The average Bonchev–Trinajstić information content (AvgIpc) is 2.07. The van der Waals surface area contributed by atoms with E-state index >= 15 is 0 Å². The quantitative estimate of drug-likeness (QED) is 0.680. The second-order valence-electron chi connectivity index (χ2n) is 2.22. The summed E-state index contributed by atoms with van der Waals surface area (Å²) >= 11 is 10.2. The molecule has 0 fully saturated rings. The molecule has 0 saturated heterocycles. The lowest BCUT2D eigenvalue weighted by atomic mass is 10.2. The molecule has 0 amide bonds. The van der Waals surface area contributed by atoms with Gasteiger partial charge in [-0.25, -0.2) is 0 Å². The van der Waals surface area contributed by atoms with Crippen molar-refractivity contribution < 1.29 is 0 Å². The molecule has 0 spiro atoms. The van der Waals surface area contributed by atoms with Gasteiger partial charge in [0.2, 0.25) is 0 Å². The van der Waals surface area contributed by atoms with Gasteiger partial charge in [-0.1, -0.05) is 59.9 Å². The second kappa shape index (κ2) is 5.20. The number of alkyl halides is 1. The number of benzene rings is 1. The highest BCUT2D eigenvalue weighted by Crippen LogP contribution is 2.22. The highest BCUT2D eigenvalue weighted by molar-refractivity contribution is 9.11. The van der Waals surface area contributed by atoms with Crippen LogP contribution in [-0.2, 0) is 0 Å². The molecular weight excluding hydrogens is 348 g/mol. The summed E-state index contributed by atoms with van der Waals surface area (Å²) in [6.45, 7) is 0. The van der Waals surface area contributed by atoms with E-state index in [1.54, 1.807) is 0 Å². The van der Waals surface area contributed by atoms with Gasteiger partial charge in [0.1, 0.15) is 0 Å². The van der Waals surface area contributed by atoms with E-state index in [2.05, 4.69) is 66.0 Å².